The van der Waals surface area contributed by atoms with E-state index >= 15 is 0 Å². The van der Waals surface area contributed by atoms with Crippen LogP contribution in [0.25, 0.3) is 0 Å². The molecule has 0 spiro atoms. The number of para-hydroxylation sites is 1. The maximum atomic E-state index is 12.4. The van der Waals surface area contributed by atoms with Crippen molar-refractivity contribution in [3.05, 3.63) is 58.3 Å². The molecule has 0 saturated heterocycles. The Morgan fingerprint density at radius 3 is 2.79 bits per heavy atom. The zero-order valence-corrected chi connectivity index (χ0v) is 11.8. The highest BCUT2D eigenvalue weighted by Crippen LogP contribution is 2.26. The van der Waals surface area contributed by atoms with Crippen LogP contribution >= 0.6 is 15.9 Å². The van der Waals surface area contributed by atoms with Gasteiger partial charge in [-0.2, -0.15) is 5.26 Å². The molecule has 0 radical (unpaired) electrons. The molecule has 94 valence electrons. The lowest BCUT2D eigenvalue weighted by atomic mass is 10.1. The van der Waals surface area contributed by atoms with E-state index in [9.17, 15) is 4.79 Å². The minimum atomic E-state index is -0.267. The number of aromatic nitrogens is 1. The average Bonchev–Trinajstić information content (AvgIpc) is 2.46. The normalized spacial score (nSPS) is 9.74. The lowest BCUT2D eigenvalue weighted by Crippen LogP contribution is -2.27. The molecule has 1 aromatic heterocycles. The molecule has 0 aliphatic heterocycles. The maximum absolute atomic E-state index is 12.4. The van der Waals surface area contributed by atoms with Gasteiger partial charge in [0.1, 0.15) is 6.07 Å². The van der Waals surface area contributed by atoms with Gasteiger partial charge < -0.3 is 4.90 Å². The number of amides is 1. The smallest absolute Gasteiger partial charge is 0.260 e. The third kappa shape index (κ3) is 2.64. The van der Waals surface area contributed by atoms with Gasteiger partial charge in [-0.05, 0) is 34.1 Å². The molecular weight excluding hydrogens is 306 g/mol. The van der Waals surface area contributed by atoms with Crippen molar-refractivity contribution in [2.24, 2.45) is 0 Å². The highest BCUT2D eigenvalue weighted by molar-refractivity contribution is 9.10. The zero-order chi connectivity index (χ0) is 13.8. The van der Waals surface area contributed by atoms with Gasteiger partial charge in [-0.25, -0.2) is 0 Å². The first-order chi connectivity index (χ1) is 9.15. The van der Waals surface area contributed by atoms with E-state index in [-0.39, 0.29) is 5.91 Å². The predicted octanol–water partition coefficient (Wildman–Crippen LogP) is 2.99. The number of benzene rings is 1. The van der Waals surface area contributed by atoms with Gasteiger partial charge in [-0.15, -0.1) is 0 Å². The van der Waals surface area contributed by atoms with Crippen molar-refractivity contribution in [3.8, 4) is 6.07 Å². The molecule has 2 rings (SSSR count). The number of hydrogen-bond donors (Lipinski definition) is 0. The fraction of sp³-hybridized carbons (Fsp3) is 0.0714. The lowest BCUT2D eigenvalue weighted by Gasteiger charge is -2.19. The second-order valence-electron chi connectivity index (χ2n) is 3.85. The third-order valence-electron chi connectivity index (χ3n) is 2.69. The minimum Gasteiger partial charge on any atom is -0.310 e. The summed E-state index contributed by atoms with van der Waals surface area (Å²) < 4.78 is 0.813. The van der Waals surface area contributed by atoms with Crippen molar-refractivity contribution in [2.75, 3.05) is 11.9 Å². The molecule has 0 saturated carbocycles. The first-order valence-electron chi connectivity index (χ1n) is 5.52. The van der Waals surface area contributed by atoms with E-state index in [1.807, 2.05) is 30.3 Å². The Hall–Kier alpha value is -2.19. The SMILES string of the molecule is CN(C(=O)c1cnccc1C#N)c1ccccc1Br. The van der Waals surface area contributed by atoms with E-state index in [1.54, 1.807) is 7.05 Å². The molecule has 0 aliphatic rings. The maximum Gasteiger partial charge on any atom is 0.260 e. The third-order valence-corrected chi connectivity index (χ3v) is 3.36. The Morgan fingerprint density at radius 2 is 2.11 bits per heavy atom. The molecule has 2 aromatic rings. The summed E-state index contributed by atoms with van der Waals surface area (Å²) in [4.78, 5) is 17.8. The van der Waals surface area contributed by atoms with Crippen LogP contribution in [0.5, 0.6) is 0 Å². The van der Waals surface area contributed by atoms with E-state index in [0.29, 0.717) is 11.1 Å². The Labute approximate surface area is 119 Å². The number of rotatable bonds is 2. The van der Waals surface area contributed by atoms with Gasteiger partial charge in [0.15, 0.2) is 0 Å². The number of pyridine rings is 1. The molecule has 0 fully saturated rings. The summed E-state index contributed by atoms with van der Waals surface area (Å²) in [7, 11) is 1.66. The van der Waals surface area contributed by atoms with Gasteiger partial charge in [0, 0.05) is 23.9 Å². The van der Waals surface area contributed by atoms with Gasteiger partial charge in [0.25, 0.3) is 5.91 Å². The standard InChI is InChI=1S/C14H10BrN3O/c1-18(13-5-3-2-4-12(13)15)14(19)11-9-17-7-6-10(11)8-16/h2-7,9H,1H3. The first-order valence-corrected chi connectivity index (χ1v) is 6.31. The van der Waals surface area contributed by atoms with Crippen molar-refractivity contribution in [1.82, 2.24) is 4.98 Å². The number of carbonyl (C=O) groups excluding carboxylic acids is 1. The molecule has 1 aromatic carbocycles. The van der Waals surface area contributed by atoms with Crippen molar-refractivity contribution in [3.63, 3.8) is 0 Å². The predicted molar refractivity (Wildman–Crippen MR) is 75.8 cm³/mol. The van der Waals surface area contributed by atoms with E-state index in [0.717, 1.165) is 10.2 Å². The number of hydrogen-bond acceptors (Lipinski definition) is 3. The van der Waals surface area contributed by atoms with Gasteiger partial charge in [0.05, 0.1) is 16.8 Å². The number of carbonyl (C=O) groups is 1. The fourth-order valence-electron chi connectivity index (χ4n) is 1.68. The van der Waals surface area contributed by atoms with Crippen LogP contribution in [0.2, 0.25) is 0 Å². The monoisotopic (exact) mass is 315 g/mol. The largest absolute Gasteiger partial charge is 0.310 e. The molecule has 0 N–H and O–H groups in total. The molecule has 1 heterocycles. The van der Waals surface area contributed by atoms with Crippen molar-refractivity contribution in [1.29, 1.82) is 5.26 Å². The summed E-state index contributed by atoms with van der Waals surface area (Å²) >= 11 is 3.40. The number of nitrogens with zero attached hydrogens (tertiary/aromatic N) is 3. The topological polar surface area (TPSA) is 57.0 Å². The summed E-state index contributed by atoms with van der Waals surface area (Å²) in [6.45, 7) is 0. The van der Waals surface area contributed by atoms with Gasteiger partial charge in [0.2, 0.25) is 0 Å². The molecule has 19 heavy (non-hydrogen) atoms. The zero-order valence-electron chi connectivity index (χ0n) is 10.2. The molecule has 0 atom stereocenters. The Balaban J connectivity index is 2.40. The van der Waals surface area contributed by atoms with Crippen LogP contribution < -0.4 is 4.90 Å². The molecule has 1 amide bonds. The molecule has 0 unspecified atom stereocenters. The molecule has 4 nitrogen and oxygen atoms in total. The van der Waals surface area contributed by atoms with Crippen LogP contribution in [-0.4, -0.2) is 17.9 Å². The quantitative estimate of drug-likeness (QED) is 0.856. The minimum absolute atomic E-state index is 0.267. The Bertz CT molecular complexity index is 664. The molecule has 0 bridgehead atoms. The summed E-state index contributed by atoms with van der Waals surface area (Å²) in [5.74, 6) is -0.267. The van der Waals surface area contributed by atoms with Crippen LogP contribution in [0, 0.1) is 11.3 Å². The summed E-state index contributed by atoms with van der Waals surface area (Å²) in [5.41, 5.74) is 1.35. The number of anilines is 1. The molecule has 0 aliphatic carbocycles. The van der Waals surface area contributed by atoms with Crippen molar-refractivity contribution < 1.29 is 4.79 Å². The van der Waals surface area contributed by atoms with Crippen molar-refractivity contribution >= 4 is 27.5 Å². The molecule has 5 heteroatoms. The lowest BCUT2D eigenvalue weighted by molar-refractivity contribution is 0.0992. The van der Waals surface area contributed by atoms with Crippen molar-refractivity contribution in [2.45, 2.75) is 0 Å². The highest BCUT2D eigenvalue weighted by atomic mass is 79.9. The summed E-state index contributed by atoms with van der Waals surface area (Å²) in [6, 6.07) is 10.9. The molecular formula is C14H10BrN3O. The fourth-order valence-corrected chi connectivity index (χ4v) is 2.23. The van der Waals surface area contributed by atoms with Crippen LogP contribution in [0.4, 0.5) is 5.69 Å². The van der Waals surface area contributed by atoms with Crippen LogP contribution in [-0.2, 0) is 0 Å². The first kappa shape index (κ1) is 13.2. The number of halogens is 1. The van der Waals surface area contributed by atoms with Crippen LogP contribution in [0.15, 0.2) is 47.2 Å². The van der Waals surface area contributed by atoms with Gasteiger partial charge >= 0.3 is 0 Å². The Morgan fingerprint density at radius 1 is 1.37 bits per heavy atom. The summed E-state index contributed by atoms with van der Waals surface area (Å²) in [5, 5.41) is 9.02. The van der Waals surface area contributed by atoms with Gasteiger partial charge in [-0.3, -0.25) is 9.78 Å². The van der Waals surface area contributed by atoms with Crippen LogP contribution in [0.1, 0.15) is 15.9 Å². The van der Waals surface area contributed by atoms with E-state index in [2.05, 4.69) is 20.9 Å². The van der Waals surface area contributed by atoms with Crippen LogP contribution in [0.3, 0.4) is 0 Å². The second-order valence-corrected chi connectivity index (χ2v) is 4.70. The van der Waals surface area contributed by atoms with Gasteiger partial charge in [-0.1, -0.05) is 12.1 Å². The highest BCUT2D eigenvalue weighted by Gasteiger charge is 2.18. The number of nitriles is 1. The van der Waals surface area contributed by atoms with E-state index in [4.69, 9.17) is 5.26 Å². The average molecular weight is 316 g/mol. The second kappa shape index (κ2) is 5.63. The summed E-state index contributed by atoms with van der Waals surface area (Å²) in [6.07, 6.45) is 2.90. The van der Waals surface area contributed by atoms with E-state index < -0.39 is 0 Å². The Kier molecular flexibility index (Phi) is 3.93. The van der Waals surface area contributed by atoms with E-state index in [1.165, 1.54) is 23.4 Å².